The van der Waals surface area contributed by atoms with Crippen molar-refractivity contribution in [1.82, 2.24) is 41.7 Å². The van der Waals surface area contributed by atoms with Gasteiger partial charge in [-0.3, -0.25) is 47.4 Å². The zero-order valence-electron chi connectivity index (χ0n) is 66.9. The zero-order chi connectivity index (χ0) is 82.9. The predicted octanol–water partition coefficient (Wildman–Crippen LogP) is 7.16. The van der Waals surface area contributed by atoms with Crippen molar-refractivity contribution in [2.24, 2.45) is 23.7 Å². The molecule has 0 radical (unpaired) electrons. The SMILES string of the molecule is C/C=C(\C)[C@H]1OC(=O)[C@@H](C)NC(=O)[C@H](C(C)CC)NC(=O)CN(C)C(=O)[C@@H](Cc2ccccc2)N(C)C(=O)[C@H](C)NC(=O)[C@@H](CC(C)C)OC(=O)/C(C)=C/CC[C@H](OC(=O)NCCCCCOP(=O)(O)OP(=O)(O)OCCCNC(=O)CCOCCOCCOCCOCCNC(=O)c2ccc(C(=O)C3CCC3)cc2)[C@@H]1C. The first-order valence-corrected chi connectivity index (χ1v) is 41.4. The first-order chi connectivity index (χ1) is 53.2. The molecule has 1 fully saturated rings. The van der Waals surface area contributed by atoms with Crippen LogP contribution in [0.3, 0.4) is 0 Å². The number of alkyl carbamates (subject to hydrolysis) is 1. The Morgan fingerprint density at radius 3 is 1.87 bits per heavy atom. The number of unbranched alkanes of at least 4 members (excludes halogenated alkanes) is 2. The number of carbonyl (C=O) groups excluding carboxylic acids is 11. The molecule has 112 heavy (non-hydrogen) atoms. The van der Waals surface area contributed by atoms with Gasteiger partial charge in [0.25, 0.3) is 11.8 Å². The van der Waals surface area contributed by atoms with E-state index >= 15 is 0 Å². The van der Waals surface area contributed by atoms with Crippen molar-refractivity contribution in [2.45, 2.75) is 195 Å². The molecule has 3 unspecified atom stereocenters. The van der Waals surface area contributed by atoms with Crippen LogP contribution in [0.1, 0.15) is 173 Å². The molecule has 2 aromatic carbocycles. The summed E-state index contributed by atoms with van der Waals surface area (Å²) >= 11 is 0. The molecular weight excluding hydrogens is 1500 g/mol. The quantitative estimate of drug-likeness (QED) is 0.00819. The Kier molecular flexibility index (Phi) is 44.1. The van der Waals surface area contributed by atoms with E-state index in [1.165, 1.54) is 45.8 Å². The van der Waals surface area contributed by atoms with E-state index in [1.54, 1.807) is 88.4 Å². The Bertz CT molecular complexity index is 3510. The number of ether oxygens (including phenoxy) is 7. The maximum Gasteiger partial charge on any atom is 0.481 e. The van der Waals surface area contributed by atoms with Gasteiger partial charge in [0.15, 0.2) is 11.9 Å². The molecule has 8 N–H and O–H groups in total. The lowest BCUT2D eigenvalue weighted by atomic mass is 9.80. The minimum absolute atomic E-state index is 0.0132. The van der Waals surface area contributed by atoms with Crippen LogP contribution in [-0.2, 0) is 100 Å². The van der Waals surface area contributed by atoms with Crippen LogP contribution < -0.4 is 31.9 Å². The fourth-order valence-electron chi connectivity index (χ4n) is 11.6. The summed E-state index contributed by atoms with van der Waals surface area (Å²) in [7, 11) is -7.46. The molecule has 1 saturated carbocycles. The second-order valence-electron chi connectivity index (χ2n) is 28.3. The van der Waals surface area contributed by atoms with Crippen molar-refractivity contribution in [3.05, 3.63) is 94.6 Å². The standard InChI is InChI=1S/C77H120N8O25P2/c1-13-52(5)67-72(91)82-57(10)76(95)109-69(53(6)14-2)55(8)63(29-21-24-54(7)75(94)107-64(48-51(3)4)71(90)81-56(9)73(92)85(12)62(49-58-25-17-15-18-26-58)74(93)84(11)50-66(87)83-67)108-77(96)80-35-19-16-20-38-105-111(97,98)110-112(99,100)106-39-23-36-78-65(86)34-40-101-42-44-103-46-47-104-45-43-102-41-37-79-70(89)61-32-30-60(31-33-61)68(88)59-27-22-28-59/h14-15,17-18,24-26,30-33,51-52,55-57,59,62-64,67,69H,13,16,19-23,27-29,34-50H2,1-12H3,(H,78,86)(H,79,89)(H,80,96)(H,81,90)(H,82,91)(H,83,87)(H,97,98)(H,99,100)/b53-14+,54-24+/t52?,55-,56-,57+,62+,63-,64+,67-,69+/m0/s1. The van der Waals surface area contributed by atoms with Crippen molar-refractivity contribution in [1.29, 1.82) is 0 Å². The number of phosphoric acid groups is 2. The van der Waals surface area contributed by atoms with Crippen molar-refractivity contribution in [3.63, 3.8) is 0 Å². The number of phosphoric ester groups is 2. The molecule has 2 aromatic rings. The lowest BCUT2D eigenvalue weighted by Gasteiger charge is -2.33. The van der Waals surface area contributed by atoms with Crippen LogP contribution in [0.4, 0.5) is 4.79 Å². The van der Waals surface area contributed by atoms with Gasteiger partial charge < -0.3 is 84.6 Å². The Hall–Kier alpha value is -7.81. The number of likely N-dealkylation sites (N-methyl/N-ethyl adjacent to an activating group) is 2. The normalized spacial score (nSPS) is 22.6. The number of allylic oxidation sites excluding steroid dienone is 2. The van der Waals surface area contributed by atoms with E-state index in [4.69, 9.17) is 42.2 Å². The highest BCUT2D eigenvalue weighted by molar-refractivity contribution is 7.61. The van der Waals surface area contributed by atoms with Crippen LogP contribution in [0.5, 0.6) is 0 Å². The summed E-state index contributed by atoms with van der Waals surface area (Å²) in [5, 5.41) is 16.1. The van der Waals surface area contributed by atoms with Gasteiger partial charge in [-0.05, 0) is 128 Å². The number of benzene rings is 2. The minimum Gasteiger partial charge on any atom is -0.456 e. The number of ketones is 1. The molecule has 1 aliphatic heterocycles. The molecule has 0 bridgehead atoms. The van der Waals surface area contributed by atoms with Gasteiger partial charge in [-0.15, -0.1) is 0 Å². The van der Waals surface area contributed by atoms with Gasteiger partial charge in [0.2, 0.25) is 29.5 Å². The molecule has 1 heterocycles. The van der Waals surface area contributed by atoms with E-state index in [2.05, 4.69) is 36.2 Å². The number of rotatable bonds is 40. The number of esters is 2. The summed E-state index contributed by atoms with van der Waals surface area (Å²) in [4.78, 5) is 172. The molecule has 0 saturated heterocycles. The first-order valence-electron chi connectivity index (χ1n) is 38.4. The second-order valence-corrected chi connectivity index (χ2v) is 31.4. The van der Waals surface area contributed by atoms with E-state index in [9.17, 15) is 71.7 Å². The minimum atomic E-state index is -5.13. The van der Waals surface area contributed by atoms with E-state index in [0.717, 1.165) is 24.2 Å². The Morgan fingerprint density at radius 2 is 1.27 bits per heavy atom. The summed E-state index contributed by atoms with van der Waals surface area (Å²) < 4.78 is 79.1. The van der Waals surface area contributed by atoms with Gasteiger partial charge in [0.1, 0.15) is 36.4 Å². The number of nitrogens with zero attached hydrogens (tertiary/aromatic N) is 2. The second kappa shape index (κ2) is 51.1. The van der Waals surface area contributed by atoms with E-state index < -0.39 is 137 Å². The monoisotopic (exact) mass is 1620 g/mol. The van der Waals surface area contributed by atoms with Crippen molar-refractivity contribution in [3.8, 4) is 0 Å². The summed E-state index contributed by atoms with van der Waals surface area (Å²) in [5.74, 6) is -7.06. The van der Waals surface area contributed by atoms with Gasteiger partial charge in [-0.25, -0.2) is 23.5 Å². The first kappa shape index (κ1) is 96.6. The summed E-state index contributed by atoms with van der Waals surface area (Å²) in [5.41, 5.74) is 2.42. The summed E-state index contributed by atoms with van der Waals surface area (Å²) in [6, 6.07) is 10.7. The third kappa shape index (κ3) is 36.1. The summed E-state index contributed by atoms with van der Waals surface area (Å²) in [6.45, 7) is 17.7. The molecular formula is C77H120N8O25P2. The fourth-order valence-corrected chi connectivity index (χ4v) is 13.7. The third-order valence-corrected chi connectivity index (χ3v) is 21.4. The van der Waals surface area contributed by atoms with Crippen molar-refractivity contribution < 1.29 is 118 Å². The van der Waals surface area contributed by atoms with Crippen LogP contribution in [-0.4, -0.2) is 234 Å². The zero-order valence-corrected chi connectivity index (χ0v) is 68.7. The molecule has 1 aliphatic carbocycles. The van der Waals surface area contributed by atoms with Crippen molar-refractivity contribution in [2.75, 3.05) is 106 Å². The Morgan fingerprint density at radius 1 is 0.679 bits per heavy atom. The molecule has 0 spiro atoms. The lowest BCUT2D eigenvalue weighted by molar-refractivity contribution is -0.155. The molecule has 33 nitrogen and oxygen atoms in total. The third-order valence-electron chi connectivity index (χ3n) is 18.8. The molecule has 11 atom stereocenters. The number of nitrogens with one attached hydrogen (secondary N) is 6. The smallest absolute Gasteiger partial charge is 0.456 e. The Labute approximate surface area is 657 Å². The van der Waals surface area contributed by atoms with Crippen molar-refractivity contribution >= 4 is 80.8 Å². The van der Waals surface area contributed by atoms with E-state index in [-0.39, 0.29) is 119 Å². The fraction of sp³-hybridized carbons (Fsp3) is 0.649. The number of hydrogen-bond acceptors (Lipinski definition) is 23. The largest absolute Gasteiger partial charge is 0.481 e. The predicted molar refractivity (Wildman–Crippen MR) is 412 cm³/mol. The molecule has 628 valence electrons. The van der Waals surface area contributed by atoms with Crippen LogP contribution in [0.15, 0.2) is 77.9 Å². The van der Waals surface area contributed by atoms with Gasteiger partial charge >= 0.3 is 33.7 Å². The number of amides is 8. The highest BCUT2D eigenvalue weighted by Crippen LogP contribution is 2.60. The molecule has 8 amide bonds. The van der Waals surface area contributed by atoms with Gasteiger partial charge in [-0.2, -0.15) is 4.31 Å². The number of hydrogen-bond donors (Lipinski definition) is 8. The lowest BCUT2D eigenvalue weighted by Crippen LogP contribution is -2.57. The van der Waals surface area contributed by atoms with Gasteiger partial charge in [0, 0.05) is 75.1 Å². The average Bonchev–Trinajstić information content (AvgIpc) is 0.932. The van der Waals surface area contributed by atoms with Gasteiger partial charge in [-0.1, -0.05) is 102 Å². The molecule has 4 rings (SSSR count). The highest BCUT2D eigenvalue weighted by Gasteiger charge is 2.39. The highest BCUT2D eigenvalue weighted by atomic mass is 31.3. The number of cyclic esters (lactones) is 2. The molecule has 0 aromatic heterocycles. The average molecular weight is 1620 g/mol. The molecule has 2 aliphatic rings. The van der Waals surface area contributed by atoms with E-state index in [0.29, 0.717) is 74.7 Å². The van der Waals surface area contributed by atoms with Crippen LogP contribution in [0.25, 0.3) is 0 Å². The maximum absolute atomic E-state index is 14.4. The molecule has 35 heteroatoms. The summed E-state index contributed by atoms with van der Waals surface area (Å²) in [6.07, 6.45) is 3.16. The van der Waals surface area contributed by atoms with Crippen LogP contribution in [0, 0.1) is 23.7 Å². The van der Waals surface area contributed by atoms with Gasteiger partial charge in [0.05, 0.1) is 72.6 Å². The van der Waals surface area contributed by atoms with Crippen LogP contribution in [0.2, 0.25) is 0 Å². The Balaban J connectivity index is 1.22. The van der Waals surface area contributed by atoms with E-state index in [1.807, 2.05) is 20.8 Å². The number of carbonyl (C=O) groups is 11. The van der Waals surface area contributed by atoms with Crippen LogP contribution >= 0.6 is 15.6 Å². The topological polar surface area (TPSA) is 433 Å². The maximum atomic E-state index is 14.4. The number of Topliss-reactive ketones (excluding diaryl/α,β-unsaturated/α-hetero) is 1.